The van der Waals surface area contributed by atoms with Crippen molar-refractivity contribution in [2.75, 3.05) is 11.5 Å². The fourth-order valence-electron chi connectivity index (χ4n) is 4.06. The molecule has 1 saturated heterocycles. The minimum Gasteiger partial charge on any atom is -0.482 e. The largest absolute Gasteiger partial charge is 0.482 e. The average Bonchev–Trinajstić information content (AvgIpc) is 3.38. The maximum absolute atomic E-state index is 13.1. The number of carbonyl (C=O) groups is 2. The molecule has 3 aromatic rings. The van der Waals surface area contributed by atoms with Crippen molar-refractivity contribution in [1.82, 2.24) is 15.1 Å². The molecule has 184 valence electrons. The molecule has 0 saturated carbocycles. The molecule has 1 fully saturated rings. The Morgan fingerprint density at radius 1 is 1.11 bits per heavy atom. The van der Waals surface area contributed by atoms with Gasteiger partial charge in [-0.25, -0.2) is 0 Å². The molecule has 0 aliphatic carbocycles. The number of hydrogen-bond acceptors (Lipinski definition) is 6. The van der Waals surface area contributed by atoms with E-state index in [0.29, 0.717) is 33.8 Å². The zero-order valence-corrected chi connectivity index (χ0v) is 21.9. The van der Waals surface area contributed by atoms with Crippen LogP contribution in [0.15, 0.2) is 59.5 Å². The van der Waals surface area contributed by atoms with E-state index in [-0.39, 0.29) is 23.8 Å². The molecule has 2 amide bonds. The van der Waals surface area contributed by atoms with Gasteiger partial charge in [0.15, 0.2) is 6.61 Å². The van der Waals surface area contributed by atoms with E-state index >= 15 is 0 Å². The molecule has 5 rings (SSSR count). The van der Waals surface area contributed by atoms with Crippen LogP contribution in [0.25, 0.3) is 6.08 Å². The highest BCUT2D eigenvalue weighted by molar-refractivity contribution is 8.26. The lowest BCUT2D eigenvalue weighted by Gasteiger charge is -2.30. The standard InChI is InChI=1S/C27H26N4O3S2/c1-27(2,3)23-13-19(31(29-23)14-17-7-5-4-6-8-17)15-30-20-11-18(9-10-21(20)34-16-24(30)32)12-22-25(33)28-26(35)36-22/h4-13H,14-16H2,1-3H3,(H,28,33,35). The van der Waals surface area contributed by atoms with Crippen LogP contribution >= 0.6 is 24.0 Å². The molecule has 9 heteroatoms. The van der Waals surface area contributed by atoms with Crippen LogP contribution < -0.4 is 15.0 Å². The number of benzene rings is 2. The van der Waals surface area contributed by atoms with Gasteiger partial charge < -0.3 is 10.1 Å². The third-order valence-electron chi connectivity index (χ3n) is 5.99. The van der Waals surface area contributed by atoms with Gasteiger partial charge >= 0.3 is 0 Å². The number of thioether (sulfide) groups is 1. The Morgan fingerprint density at radius 3 is 2.58 bits per heavy atom. The summed E-state index contributed by atoms with van der Waals surface area (Å²) in [4.78, 5) is 27.4. The SMILES string of the molecule is CC(C)(C)c1cc(CN2C(=O)COc3ccc(C=C4SC(=S)NC4=O)cc32)n(Cc2ccccc2)n1. The smallest absolute Gasteiger partial charge is 0.265 e. The highest BCUT2D eigenvalue weighted by atomic mass is 32.2. The Morgan fingerprint density at radius 2 is 1.89 bits per heavy atom. The lowest BCUT2D eigenvalue weighted by Crippen LogP contribution is -2.38. The van der Waals surface area contributed by atoms with Gasteiger partial charge in [-0.2, -0.15) is 5.10 Å². The monoisotopic (exact) mass is 518 g/mol. The van der Waals surface area contributed by atoms with Crippen molar-refractivity contribution in [1.29, 1.82) is 0 Å². The number of carbonyl (C=O) groups excluding carboxylic acids is 2. The molecule has 0 unspecified atom stereocenters. The highest BCUT2D eigenvalue weighted by Crippen LogP contribution is 2.36. The first-order chi connectivity index (χ1) is 17.2. The van der Waals surface area contributed by atoms with Crippen molar-refractivity contribution >= 4 is 51.9 Å². The molecule has 1 aromatic heterocycles. The molecule has 2 aliphatic rings. The predicted octanol–water partition coefficient (Wildman–Crippen LogP) is 4.64. The summed E-state index contributed by atoms with van der Waals surface area (Å²) in [6.07, 6.45) is 1.77. The average molecular weight is 519 g/mol. The van der Waals surface area contributed by atoms with Gasteiger partial charge in [0.1, 0.15) is 10.1 Å². The fourth-order valence-corrected chi connectivity index (χ4v) is 5.10. The van der Waals surface area contributed by atoms with Gasteiger partial charge in [-0.15, -0.1) is 0 Å². The third-order valence-corrected chi connectivity index (χ3v) is 7.16. The summed E-state index contributed by atoms with van der Waals surface area (Å²) in [6, 6.07) is 17.8. The van der Waals surface area contributed by atoms with E-state index in [1.54, 1.807) is 11.0 Å². The zero-order valence-electron chi connectivity index (χ0n) is 20.3. The maximum atomic E-state index is 13.1. The summed E-state index contributed by atoms with van der Waals surface area (Å²) >= 11 is 6.32. The van der Waals surface area contributed by atoms with Crippen molar-refractivity contribution in [3.63, 3.8) is 0 Å². The zero-order chi connectivity index (χ0) is 25.4. The summed E-state index contributed by atoms with van der Waals surface area (Å²) in [7, 11) is 0. The third kappa shape index (κ3) is 5.08. The first kappa shape index (κ1) is 24.3. The second-order valence-electron chi connectivity index (χ2n) is 9.76. The molecular weight excluding hydrogens is 492 g/mol. The van der Waals surface area contributed by atoms with E-state index in [4.69, 9.17) is 22.1 Å². The van der Waals surface area contributed by atoms with Gasteiger partial charge in [0.2, 0.25) is 0 Å². The number of ether oxygens (including phenoxy) is 1. The van der Waals surface area contributed by atoms with Crippen LogP contribution in [0.3, 0.4) is 0 Å². The Balaban J connectivity index is 1.50. The van der Waals surface area contributed by atoms with Crippen LogP contribution in [0.1, 0.15) is 43.3 Å². The number of aromatic nitrogens is 2. The summed E-state index contributed by atoms with van der Waals surface area (Å²) in [5.74, 6) is 0.277. The molecule has 2 aromatic carbocycles. The second-order valence-corrected chi connectivity index (χ2v) is 11.5. The maximum Gasteiger partial charge on any atom is 0.265 e. The predicted molar refractivity (Wildman–Crippen MR) is 146 cm³/mol. The van der Waals surface area contributed by atoms with Crippen LogP contribution in [0, 0.1) is 0 Å². The lowest BCUT2D eigenvalue weighted by atomic mass is 9.92. The first-order valence-corrected chi connectivity index (χ1v) is 12.8. The van der Waals surface area contributed by atoms with Gasteiger partial charge in [0.05, 0.1) is 35.1 Å². The minimum atomic E-state index is -0.216. The first-order valence-electron chi connectivity index (χ1n) is 11.6. The highest BCUT2D eigenvalue weighted by Gasteiger charge is 2.29. The van der Waals surface area contributed by atoms with Gasteiger partial charge in [0.25, 0.3) is 11.8 Å². The topological polar surface area (TPSA) is 76.5 Å². The van der Waals surface area contributed by atoms with Crippen LogP contribution in [0.4, 0.5) is 5.69 Å². The second kappa shape index (κ2) is 9.55. The molecule has 36 heavy (non-hydrogen) atoms. The van der Waals surface area contributed by atoms with Crippen LogP contribution in [0.5, 0.6) is 5.75 Å². The minimum absolute atomic E-state index is 0.0289. The summed E-state index contributed by atoms with van der Waals surface area (Å²) in [6.45, 7) is 7.32. The van der Waals surface area contributed by atoms with E-state index in [1.165, 1.54) is 11.8 Å². The molecule has 0 radical (unpaired) electrons. The van der Waals surface area contributed by atoms with Crippen molar-refractivity contribution in [2.45, 2.75) is 39.3 Å². The van der Waals surface area contributed by atoms with E-state index in [1.807, 2.05) is 41.1 Å². The van der Waals surface area contributed by atoms with E-state index in [9.17, 15) is 9.59 Å². The Hall–Kier alpha value is -3.43. The Kier molecular flexibility index (Phi) is 6.44. The van der Waals surface area contributed by atoms with Gasteiger partial charge in [0, 0.05) is 5.41 Å². The molecule has 2 aliphatic heterocycles. The molecule has 1 N–H and O–H groups in total. The number of hydrogen-bond donors (Lipinski definition) is 1. The van der Waals surface area contributed by atoms with Gasteiger partial charge in [-0.3, -0.25) is 19.2 Å². The van der Waals surface area contributed by atoms with Crippen molar-refractivity contribution in [3.8, 4) is 5.75 Å². The number of nitrogens with one attached hydrogen (secondary N) is 1. The molecule has 0 bridgehead atoms. The number of rotatable bonds is 5. The number of fused-ring (bicyclic) bond motifs is 1. The van der Waals surface area contributed by atoms with Crippen LogP contribution in [-0.2, 0) is 28.1 Å². The van der Waals surface area contributed by atoms with Crippen LogP contribution in [0.2, 0.25) is 0 Å². The van der Waals surface area contributed by atoms with Gasteiger partial charge in [-0.1, -0.05) is 81.1 Å². The molecule has 7 nitrogen and oxygen atoms in total. The summed E-state index contributed by atoms with van der Waals surface area (Å²) in [5.41, 5.74) is 4.35. The number of thiocarbonyl (C=S) groups is 1. The van der Waals surface area contributed by atoms with Crippen molar-refractivity contribution in [3.05, 3.63) is 82.0 Å². The lowest BCUT2D eigenvalue weighted by molar-refractivity contribution is -0.121. The van der Waals surface area contributed by atoms with E-state index in [2.05, 4.69) is 44.3 Å². The molecule has 0 atom stereocenters. The summed E-state index contributed by atoms with van der Waals surface area (Å²) < 4.78 is 8.13. The van der Waals surface area contributed by atoms with E-state index < -0.39 is 0 Å². The quantitative estimate of drug-likeness (QED) is 0.392. The normalized spacial score (nSPS) is 16.8. The van der Waals surface area contributed by atoms with Crippen molar-refractivity contribution < 1.29 is 14.3 Å². The number of anilines is 1. The number of amides is 2. The molecule has 3 heterocycles. The summed E-state index contributed by atoms with van der Waals surface area (Å²) in [5, 5.41) is 7.53. The van der Waals surface area contributed by atoms with Crippen molar-refractivity contribution in [2.24, 2.45) is 0 Å². The Bertz CT molecular complexity index is 1390. The molecule has 0 spiro atoms. The number of nitrogens with zero attached hydrogens (tertiary/aromatic N) is 3. The fraction of sp³-hybridized carbons (Fsp3) is 0.259. The molecular formula is C27H26N4O3S2. The van der Waals surface area contributed by atoms with E-state index in [0.717, 1.165) is 22.5 Å². The Labute approximate surface area is 219 Å². The van der Waals surface area contributed by atoms with Crippen LogP contribution in [-0.4, -0.2) is 32.5 Å². The van der Waals surface area contributed by atoms with Gasteiger partial charge in [-0.05, 0) is 35.4 Å².